The van der Waals surface area contributed by atoms with Gasteiger partial charge in [-0.15, -0.1) is 0 Å². The number of fused-ring (bicyclic) bond motifs is 1. The quantitative estimate of drug-likeness (QED) is 0.302. The van der Waals surface area contributed by atoms with Crippen molar-refractivity contribution < 1.29 is 23.5 Å². The Morgan fingerprint density at radius 1 is 1.03 bits per heavy atom. The van der Waals surface area contributed by atoms with Crippen LogP contribution in [0.2, 0.25) is 0 Å². The van der Waals surface area contributed by atoms with Gasteiger partial charge in [-0.2, -0.15) is 0 Å². The van der Waals surface area contributed by atoms with E-state index in [9.17, 15) is 9.59 Å². The fourth-order valence-electron chi connectivity index (χ4n) is 4.15. The minimum atomic E-state index is -0.341. The van der Waals surface area contributed by atoms with Crippen LogP contribution in [0.3, 0.4) is 0 Å². The third-order valence-corrected chi connectivity index (χ3v) is 5.69. The Morgan fingerprint density at radius 3 is 2.61 bits per heavy atom. The SMILES string of the molecule is CCOC(=O)Cc1ccc(NC(C)=O)cc1OCc1cc(-c2cccc(CN)c2)c2oc(C)cc2c1. The summed E-state index contributed by atoms with van der Waals surface area (Å²) in [6.07, 6.45) is 0.0701. The van der Waals surface area contributed by atoms with Gasteiger partial charge in [-0.25, -0.2) is 0 Å². The second-order valence-corrected chi connectivity index (χ2v) is 8.60. The molecular weight excluding hydrogens is 456 g/mol. The smallest absolute Gasteiger partial charge is 0.310 e. The van der Waals surface area contributed by atoms with E-state index in [4.69, 9.17) is 19.6 Å². The zero-order valence-electron chi connectivity index (χ0n) is 20.7. The molecule has 0 aliphatic heterocycles. The molecule has 0 saturated heterocycles. The largest absolute Gasteiger partial charge is 0.489 e. The molecule has 186 valence electrons. The maximum Gasteiger partial charge on any atom is 0.310 e. The average Bonchev–Trinajstić information content (AvgIpc) is 3.23. The van der Waals surface area contributed by atoms with Crippen molar-refractivity contribution in [2.24, 2.45) is 5.73 Å². The Kier molecular flexibility index (Phi) is 7.71. The monoisotopic (exact) mass is 486 g/mol. The molecule has 3 aromatic carbocycles. The van der Waals surface area contributed by atoms with E-state index < -0.39 is 0 Å². The van der Waals surface area contributed by atoms with E-state index in [0.717, 1.165) is 39.0 Å². The highest BCUT2D eigenvalue weighted by atomic mass is 16.5. The summed E-state index contributed by atoms with van der Waals surface area (Å²) < 4.78 is 17.3. The van der Waals surface area contributed by atoms with Crippen LogP contribution in [-0.2, 0) is 33.9 Å². The van der Waals surface area contributed by atoms with Gasteiger partial charge in [0.15, 0.2) is 0 Å². The number of carbonyl (C=O) groups excluding carboxylic acids is 2. The summed E-state index contributed by atoms with van der Waals surface area (Å²) in [6, 6.07) is 19.4. The van der Waals surface area contributed by atoms with E-state index in [1.807, 2.05) is 43.3 Å². The van der Waals surface area contributed by atoms with Crippen molar-refractivity contribution in [1.82, 2.24) is 0 Å². The lowest BCUT2D eigenvalue weighted by atomic mass is 9.99. The van der Waals surface area contributed by atoms with Crippen LogP contribution in [0.15, 0.2) is 65.1 Å². The van der Waals surface area contributed by atoms with Crippen LogP contribution in [-0.4, -0.2) is 18.5 Å². The summed E-state index contributed by atoms with van der Waals surface area (Å²) >= 11 is 0. The minimum Gasteiger partial charge on any atom is -0.489 e. The number of furan rings is 1. The summed E-state index contributed by atoms with van der Waals surface area (Å²) in [6.45, 7) is 6.14. The molecule has 1 amide bonds. The van der Waals surface area contributed by atoms with Gasteiger partial charge >= 0.3 is 5.97 Å². The van der Waals surface area contributed by atoms with Gasteiger partial charge in [-0.1, -0.05) is 24.3 Å². The van der Waals surface area contributed by atoms with Gasteiger partial charge in [-0.3, -0.25) is 9.59 Å². The van der Waals surface area contributed by atoms with Crippen molar-refractivity contribution >= 4 is 28.5 Å². The molecule has 0 saturated carbocycles. The summed E-state index contributed by atoms with van der Waals surface area (Å²) in [5, 5.41) is 3.73. The molecule has 7 nitrogen and oxygen atoms in total. The highest BCUT2D eigenvalue weighted by Crippen LogP contribution is 2.34. The highest BCUT2D eigenvalue weighted by Gasteiger charge is 2.15. The Morgan fingerprint density at radius 2 is 1.86 bits per heavy atom. The van der Waals surface area contributed by atoms with Crippen molar-refractivity contribution in [3.8, 4) is 16.9 Å². The Bertz CT molecular complexity index is 1410. The van der Waals surface area contributed by atoms with Crippen LogP contribution < -0.4 is 15.8 Å². The number of ether oxygens (including phenoxy) is 2. The molecular formula is C29H30N2O5. The molecule has 0 radical (unpaired) electrons. The number of rotatable bonds is 9. The molecule has 4 rings (SSSR count). The molecule has 1 heterocycles. The minimum absolute atomic E-state index is 0.0701. The molecule has 0 fully saturated rings. The number of carbonyl (C=O) groups is 2. The summed E-state index contributed by atoms with van der Waals surface area (Å²) in [5.41, 5.74) is 11.9. The molecule has 0 bridgehead atoms. The van der Waals surface area contributed by atoms with Crippen molar-refractivity contribution in [2.75, 3.05) is 11.9 Å². The van der Waals surface area contributed by atoms with E-state index in [2.05, 4.69) is 11.4 Å². The van der Waals surface area contributed by atoms with Crippen LogP contribution in [0.4, 0.5) is 5.69 Å². The molecule has 36 heavy (non-hydrogen) atoms. The maximum atomic E-state index is 12.1. The fraction of sp³-hybridized carbons (Fsp3) is 0.241. The first-order valence-electron chi connectivity index (χ1n) is 11.9. The summed E-state index contributed by atoms with van der Waals surface area (Å²) in [5.74, 6) is 0.791. The van der Waals surface area contributed by atoms with Crippen LogP contribution >= 0.6 is 0 Å². The van der Waals surface area contributed by atoms with Crippen molar-refractivity contribution in [2.45, 2.75) is 40.3 Å². The highest BCUT2D eigenvalue weighted by molar-refractivity contribution is 5.94. The van der Waals surface area contributed by atoms with Gasteiger partial charge in [0.1, 0.15) is 23.7 Å². The van der Waals surface area contributed by atoms with Gasteiger partial charge in [0.2, 0.25) is 5.91 Å². The molecule has 0 spiro atoms. The fourth-order valence-corrected chi connectivity index (χ4v) is 4.15. The van der Waals surface area contributed by atoms with E-state index in [1.165, 1.54) is 6.92 Å². The van der Waals surface area contributed by atoms with Gasteiger partial charge in [0.25, 0.3) is 0 Å². The molecule has 3 N–H and O–H groups in total. The Labute approximate surface area is 210 Å². The van der Waals surface area contributed by atoms with E-state index in [-0.39, 0.29) is 24.9 Å². The van der Waals surface area contributed by atoms with Crippen LogP contribution in [0.5, 0.6) is 5.75 Å². The molecule has 7 heteroatoms. The molecule has 4 aromatic rings. The lowest BCUT2D eigenvalue weighted by Crippen LogP contribution is -2.10. The van der Waals surface area contributed by atoms with E-state index >= 15 is 0 Å². The molecule has 0 atom stereocenters. The summed E-state index contributed by atoms with van der Waals surface area (Å²) in [7, 11) is 0. The number of benzene rings is 3. The number of nitrogens with two attached hydrogens (primary N) is 1. The lowest BCUT2D eigenvalue weighted by Gasteiger charge is -2.14. The Balaban J connectivity index is 1.68. The first kappa shape index (κ1) is 25.0. The van der Waals surface area contributed by atoms with Crippen LogP contribution in [0.1, 0.15) is 36.3 Å². The Hall–Kier alpha value is -4.10. The lowest BCUT2D eigenvalue weighted by molar-refractivity contribution is -0.142. The third-order valence-electron chi connectivity index (χ3n) is 5.69. The number of hydrogen-bond donors (Lipinski definition) is 2. The maximum absolute atomic E-state index is 12.1. The second-order valence-electron chi connectivity index (χ2n) is 8.60. The van der Waals surface area contributed by atoms with Crippen molar-refractivity contribution in [1.29, 1.82) is 0 Å². The zero-order valence-corrected chi connectivity index (χ0v) is 20.7. The number of anilines is 1. The number of aryl methyl sites for hydroxylation is 1. The van der Waals surface area contributed by atoms with Gasteiger partial charge in [0, 0.05) is 41.7 Å². The zero-order chi connectivity index (χ0) is 25.7. The second kappa shape index (κ2) is 11.1. The number of nitrogens with one attached hydrogen (secondary N) is 1. The number of amides is 1. The number of hydrogen-bond acceptors (Lipinski definition) is 6. The van der Waals surface area contributed by atoms with E-state index in [1.54, 1.807) is 25.1 Å². The first-order valence-corrected chi connectivity index (χ1v) is 11.9. The normalized spacial score (nSPS) is 10.9. The standard InChI is InChI=1S/C29H30N2O5/c1-4-34-28(33)14-23-8-9-25(31-19(3)32)15-27(23)35-17-21-12-24-10-18(2)36-29(24)26(13-21)22-7-5-6-20(11-22)16-30/h5-13,15H,4,14,16-17,30H2,1-3H3,(H,31,32). The van der Waals surface area contributed by atoms with Crippen molar-refractivity contribution in [3.63, 3.8) is 0 Å². The van der Waals surface area contributed by atoms with Gasteiger partial charge < -0.3 is 24.9 Å². The van der Waals surface area contributed by atoms with Gasteiger partial charge in [0.05, 0.1) is 13.0 Å². The third kappa shape index (κ3) is 5.93. The molecule has 1 aromatic heterocycles. The van der Waals surface area contributed by atoms with Gasteiger partial charge in [-0.05, 0) is 60.9 Å². The summed E-state index contributed by atoms with van der Waals surface area (Å²) in [4.78, 5) is 23.7. The first-order chi connectivity index (χ1) is 17.4. The number of esters is 1. The molecule has 0 aliphatic carbocycles. The predicted molar refractivity (Wildman–Crippen MR) is 140 cm³/mol. The van der Waals surface area contributed by atoms with E-state index in [0.29, 0.717) is 30.2 Å². The van der Waals surface area contributed by atoms with Crippen LogP contribution in [0, 0.1) is 6.92 Å². The molecule has 0 aliphatic rings. The molecule has 0 unspecified atom stereocenters. The predicted octanol–water partition coefficient (Wildman–Crippen LogP) is 5.51. The van der Waals surface area contributed by atoms with Crippen molar-refractivity contribution in [3.05, 3.63) is 83.1 Å². The van der Waals surface area contributed by atoms with Crippen LogP contribution in [0.25, 0.3) is 22.1 Å². The average molecular weight is 487 g/mol. The topological polar surface area (TPSA) is 104 Å².